The van der Waals surface area contributed by atoms with Gasteiger partial charge in [0.15, 0.2) is 0 Å². The molecule has 1 aliphatic heterocycles. The highest BCUT2D eigenvalue weighted by Crippen LogP contribution is 2.24. The number of sulfonamides is 1. The Labute approximate surface area is 179 Å². The van der Waals surface area contributed by atoms with Gasteiger partial charge in [0.1, 0.15) is 12.4 Å². The molecule has 1 fully saturated rings. The van der Waals surface area contributed by atoms with Crippen molar-refractivity contribution in [2.45, 2.75) is 4.90 Å². The number of para-hydroxylation sites is 1. The molecule has 2 aromatic carbocycles. The molecule has 3 rings (SSSR count). The van der Waals surface area contributed by atoms with E-state index < -0.39 is 16.0 Å². The number of hydrogen-bond acceptors (Lipinski definition) is 6. The lowest BCUT2D eigenvalue weighted by molar-refractivity contribution is 0.0599. The van der Waals surface area contributed by atoms with Crippen molar-refractivity contribution in [1.82, 2.24) is 9.21 Å². The third-order valence-corrected chi connectivity index (χ3v) is 7.32. The molecule has 9 heteroatoms. The van der Waals surface area contributed by atoms with Crippen molar-refractivity contribution in [3.63, 3.8) is 0 Å². The number of rotatable bonds is 7. The van der Waals surface area contributed by atoms with E-state index in [0.717, 1.165) is 12.3 Å². The van der Waals surface area contributed by atoms with Crippen LogP contribution in [0.25, 0.3) is 0 Å². The standard InChI is InChI=1S/C20H23BrN2O5S/c1-27-20(24)18-15-17(7-8-19(18)21)29(25,26)23-11-9-22(10-12-23)13-14-28-16-5-3-2-4-6-16/h2-8,15H,9-14H2,1H3. The number of piperazine rings is 1. The van der Waals surface area contributed by atoms with E-state index in [2.05, 4.69) is 20.8 Å². The number of carbonyl (C=O) groups excluding carboxylic acids is 1. The zero-order valence-electron chi connectivity index (χ0n) is 16.1. The number of carbonyl (C=O) groups is 1. The molecular formula is C20H23BrN2O5S. The minimum absolute atomic E-state index is 0.0851. The Balaban J connectivity index is 1.57. The fraction of sp³-hybridized carbons (Fsp3) is 0.350. The summed E-state index contributed by atoms with van der Waals surface area (Å²) in [5.74, 6) is 0.238. The van der Waals surface area contributed by atoms with E-state index in [4.69, 9.17) is 9.47 Å². The van der Waals surface area contributed by atoms with Gasteiger partial charge in [-0.2, -0.15) is 4.31 Å². The van der Waals surface area contributed by atoms with Crippen LogP contribution in [-0.4, -0.2) is 70.0 Å². The van der Waals surface area contributed by atoms with Crippen LogP contribution in [0.1, 0.15) is 10.4 Å². The van der Waals surface area contributed by atoms with Gasteiger partial charge in [-0.05, 0) is 46.3 Å². The second-order valence-corrected chi connectivity index (χ2v) is 9.33. The summed E-state index contributed by atoms with van der Waals surface area (Å²) >= 11 is 3.26. The number of methoxy groups -OCH3 is 1. The van der Waals surface area contributed by atoms with Gasteiger partial charge in [0.05, 0.1) is 17.6 Å². The molecule has 0 radical (unpaired) electrons. The van der Waals surface area contributed by atoms with Crippen LogP contribution in [0.5, 0.6) is 5.75 Å². The quantitative estimate of drug-likeness (QED) is 0.564. The highest BCUT2D eigenvalue weighted by molar-refractivity contribution is 9.10. The summed E-state index contributed by atoms with van der Waals surface area (Å²) in [6.45, 7) is 3.30. The van der Waals surface area contributed by atoms with E-state index in [9.17, 15) is 13.2 Å². The van der Waals surface area contributed by atoms with Crippen LogP contribution in [0.4, 0.5) is 0 Å². The Morgan fingerprint density at radius 3 is 2.41 bits per heavy atom. The second kappa shape index (κ2) is 9.71. The van der Waals surface area contributed by atoms with Crippen molar-refractivity contribution in [2.24, 2.45) is 0 Å². The van der Waals surface area contributed by atoms with Crippen LogP contribution in [0.3, 0.4) is 0 Å². The molecule has 0 amide bonds. The highest BCUT2D eigenvalue weighted by Gasteiger charge is 2.29. The van der Waals surface area contributed by atoms with Gasteiger partial charge in [0, 0.05) is 37.2 Å². The van der Waals surface area contributed by atoms with Crippen molar-refractivity contribution < 1.29 is 22.7 Å². The number of nitrogens with zero attached hydrogens (tertiary/aromatic N) is 2. The van der Waals surface area contributed by atoms with Gasteiger partial charge in [-0.25, -0.2) is 13.2 Å². The summed E-state index contributed by atoms with van der Waals surface area (Å²) in [6.07, 6.45) is 0. The van der Waals surface area contributed by atoms with Gasteiger partial charge in [-0.15, -0.1) is 0 Å². The molecule has 29 heavy (non-hydrogen) atoms. The molecule has 2 aromatic rings. The zero-order chi connectivity index (χ0) is 20.9. The molecule has 0 atom stereocenters. The lowest BCUT2D eigenvalue weighted by atomic mass is 10.2. The Kier molecular flexibility index (Phi) is 7.28. The summed E-state index contributed by atoms with van der Waals surface area (Å²) in [4.78, 5) is 14.1. The molecule has 0 aliphatic carbocycles. The fourth-order valence-electron chi connectivity index (χ4n) is 3.08. The van der Waals surface area contributed by atoms with Crippen LogP contribution < -0.4 is 4.74 Å². The number of ether oxygens (including phenoxy) is 2. The summed E-state index contributed by atoms with van der Waals surface area (Å²) in [5.41, 5.74) is 0.185. The Hall–Kier alpha value is -1.94. The van der Waals surface area contributed by atoms with Gasteiger partial charge in [-0.1, -0.05) is 18.2 Å². The first-order chi connectivity index (χ1) is 13.9. The van der Waals surface area contributed by atoms with Crippen molar-refractivity contribution in [1.29, 1.82) is 0 Å². The Bertz CT molecular complexity index is 945. The lowest BCUT2D eigenvalue weighted by Gasteiger charge is -2.33. The first kappa shape index (κ1) is 21.8. The maximum absolute atomic E-state index is 13.0. The molecule has 0 aromatic heterocycles. The molecule has 7 nitrogen and oxygen atoms in total. The Morgan fingerprint density at radius 1 is 1.07 bits per heavy atom. The molecular weight excluding hydrogens is 460 g/mol. The van der Waals surface area contributed by atoms with Crippen LogP contribution >= 0.6 is 15.9 Å². The topological polar surface area (TPSA) is 76.2 Å². The first-order valence-electron chi connectivity index (χ1n) is 9.20. The van der Waals surface area contributed by atoms with E-state index in [1.54, 1.807) is 6.07 Å². The summed E-state index contributed by atoms with van der Waals surface area (Å²) in [5, 5.41) is 0. The van der Waals surface area contributed by atoms with Gasteiger partial charge in [0.25, 0.3) is 0 Å². The molecule has 0 unspecified atom stereocenters. The average Bonchev–Trinajstić information content (AvgIpc) is 2.74. The molecule has 0 spiro atoms. The first-order valence-corrected chi connectivity index (χ1v) is 11.4. The van der Waals surface area contributed by atoms with Crippen molar-refractivity contribution >= 4 is 31.9 Å². The molecule has 1 aliphatic rings. The molecule has 0 N–H and O–H groups in total. The number of halogens is 1. The van der Waals surface area contributed by atoms with E-state index in [0.29, 0.717) is 37.3 Å². The van der Waals surface area contributed by atoms with E-state index >= 15 is 0 Å². The maximum Gasteiger partial charge on any atom is 0.339 e. The van der Waals surface area contributed by atoms with E-state index in [-0.39, 0.29) is 10.5 Å². The normalized spacial score (nSPS) is 15.8. The third-order valence-electron chi connectivity index (χ3n) is 4.73. The van der Waals surface area contributed by atoms with Crippen molar-refractivity contribution in [3.8, 4) is 5.75 Å². The van der Waals surface area contributed by atoms with Crippen molar-refractivity contribution in [2.75, 3.05) is 46.4 Å². The second-order valence-electron chi connectivity index (χ2n) is 6.54. The lowest BCUT2D eigenvalue weighted by Crippen LogP contribution is -2.49. The average molecular weight is 483 g/mol. The van der Waals surface area contributed by atoms with Gasteiger partial charge >= 0.3 is 5.97 Å². The van der Waals surface area contributed by atoms with E-state index in [1.807, 2.05) is 30.3 Å². The predicted molar refractivity (Wildman–Crippen MR) is 113 cm³/mol. The number of hydrogen-bond donors (Lipinski definition) is 0. The summed E-state index contributed by atoms with van der Waals surface area (Å²) in [6, 6.07) is 14.0. The molecule has 1 saturated heterocycles. The predicted octanol–water partition coefficient (Wildman–Crippen LogP) is 2.62. The van der Waals surface area contributed by atoms with Crippen LogP contribution in [-0.2, 0) is 14.8 Å². The monoisotopic (exact) mass is 482 g/mol. The smallest absolute Gasteiger partial charge is 0.339 e. The van der Waals surface area contributed by atoms with Crippen molar-refractivity contribution in [3.05, 3.63) is 58.6 Å². The summed E-state index contributed by atoms with van der Waals surface area (Å²) < 4.78 is 38.3. The maximum atomic E-state index is 13.0. The fourth-order valence-corrected chi connectivity index (χ4v) is 4.94. The largest absolute Gasteiger partial charge is 0.492 e. The molecule has 156 valence electrons. The third kappa shape index (κ3) is 5.36. The molecule has 0 saturated carbocycles. The van der Waals surface area contributed by atoms with Crippen LogP contribution in [0.15, 0.2) is 57.9 Å². The highest BCUT2D eigenvalue weighted by atomic mass is 79.9. The van der Waals surface area contributed by atoms with Crippen LogP contribution in [0, 0.1) is 0 Å². The number of benzene rings is 2. The zero-order valence-corrected chi connectivity index (χ0v) is 18.5. The van der Waals surface area contributed by atoms with Crippen LogP contribution in [0.2, 0.25) is 0 Å². The molecule has 0 bridgehead atoms. The summed E-state index contributed by atoms with van der Waals surface area (Å²) in [7, 11) is -2.42. The molecule has 1 heterocycles. The minimum atomic E-state index is -3.68. The van der Waals surface area contributed by atoms with Gasteiger partial charge in [-0.3, -0.25) is 4.90 Å². The Morgan fingerprint density at radius 2 is 1.76 bits per heavy atom. The number of esters is 1. The SMILES string of the molecule is COC(=O)c1cc(S(=O)(=O)N2CCN(CCOc3ccccc3)CC2)ccc1Br. The van der Waals surface area contributed by atoms with E-state index in [1.165, 1.54) is 23.5 Å². The van der Waals surface area contributed by atoms with Gasteiger partial charge in [0.2, 0.25) is 10.0 Å². The van der Waals surface area contributed by atoms with Gasteiger partial charge < -0.3 is 9.47 Å². The minimum Gasteiger partial charge on any atom is -0.492 e.